The van der Waals surface area contributed by atoms with E-state index in [1.165, 1.54) is 0 Å². The maximum Gasteiger partial charge on any atom is 0.306 e. The van der Waals surface area contributed by atoms with Crippen molar-refractivity contribution in [3.63, 3.8) is 0 Å². The average Bonchev–Trinajstić information content (AvgIpc) is 2.96. The van der Waals surface area contributed by atoms with E-state index in [4.69, 9.17) is 10.8 Å². The predicted molar refractivity (Wildman–Crippen MR) is 71.4 cm³/mol. The normalized spacial score (nSPS) is 32.2. The van der Waals surface area contributed by atoms with E-state index in [9.17, 15) is 9.59 Å². The Morgan fingerprint density at radius 2 is 2.05 bits per heavy atom. The van der Waals surface area contributed by atoms with Gasteiger partial charge in [0, 0.05) is 13.1 Å². The summed E-state index contributed by atoms with van der Waals surface area (Å²) in [5, 5.41) is 9.09. The highest BCUT2D eigenvalue weighted by atomic mass is 16.4. The fourth-order valence-corrected chi connectivity index (χ4v) is 3.41. The SMILES string of the molecule is CC(C)[C@H](N)C(=O)N1CC[C@@]2(CC[C@H](C(=O)O)C2)C1. The quantitative estimate of drug-likeness (QED) is 0.802. The Morgan fingerprint density at radius 3 is 2.58 bits per heavy atom. The minimum atomic E-state index is -0.694. The van der Waals surface area contributed by atoms with Gasteiger partial charge in [-0.1, -0.05) is 13.8 Å². The first-order valence-corrected chi connectivity index (χ1v) is 7.12. The first kappa shape index (κ1) is 14.3. The van der Waals surface area contributed by atoms with Crippen molar-refractivity contribution in [1.82, 2.24) is 4.90 Å². The van der Waals surface area contributed by atoms with E-state index in [2.05, 4.69) is 0 Å². The van der Waals surface area contributed by atoms with Crippen molar-refractivity contribution >= 4 is 11.9 Å². The number of aliphatic carboxylic acids is 1. The molecule has 1 heterocycles. The first-order chi connectivity index (χ1) is 8.84. The Labute approximate surface area is 114 Å². The number of nitrogens with two attached hydrogens (primary N) is 1. The van der Waals surface area contributed by atoms with E-state index in [-0.39, 0.29) is 23.2 Å². The lowest BCUT2D eigenvalue weighted by atomic mass is 9.84. The van der Waals surface area contributed by atoms with Crippen LogP contribution in [-0.4, -0.2) is 41.0 Å². The number of amides is 1. The van der Waals surface area contributed by atoms with Crippen molar-refractivity contribution in [2.24, 2.45) is 23.0 Å². The number of likely N-dealkylation sites (tertiary alicyclic amines) is 1. The zero-order valence-electron chi connectivity index (χ0n) is 11.8. The van der Waals surface area contributed by atoms with E-state index >= 15 is 0 Å². The number of carbonyl (C=O) groups is 2. The van der Waals surface area contributed by atoms with E-state index in [0.29, 0.717) is 13.0 Å². The lowest BCUT2D eigenvalue weighted by Crippen LogP contribution is -2.46. The Balaban J connectivity index is 1.97. The predicted octanol–water partition coefficient (Wildman–Crippen LogP) is 1.07. The molecule has 2 fully saturated rings. The van der Waals surface area contributed by atoms with Crippen LogP contribution in [0.1, 0.15) is 39.5 Å². The van der Waals surface area contributed by atoms with E-state index < -0.39 is 12.0 Å². The summed E-state index contributed by atoms with van der Waals surface area (Å²) in [7, 11) is 0. The second-order valence-electron chi connectivity index (χ2n) is 6.56. The molecule has 5 heteroatoms. The van der Waals surface area contributed by atoms with Gasteiger partial charge in [0.15, 0.2) is 0 Å². The zero-order valence-corrected chi connectivity index (χ0v) is 11.8. The van der Waals surface area contributed by atoms with Crippen LogP contribution >= 0.6 is 0 Å². The molecule has 1 amide bonds. The smallest absolute Gasteiger partial charge is 0.306 e. The van der Waals surface area contributed by atoms with Gasteiger partial charge in [0.1, 0.15) is 0 Å². The molecule has 1 saturated carbocycles. The maximum atomic E-state index is 12.2. The van der Waals surface area contributed by atoms with Gasteiger partial charge in [0.25, 0.3) is 0 Å². The molecule has 1 aliphatic carbocycles. The lowest BCUT2D eigenvalue weighted by molar-refractivity contribution is -0.141. The van der Waals surface area contributed by atoms with Gasteiger partial charge in [-0.05, 0) is 37.0 Å². The monoisotopic (exact) mass is 268 g/mol. The van der Waals surface area contributed by atoms with Gasteiger partial charge in [-0.15, -0.1) is 0 Å². The topological polar surface area (TPSA) is 83.6 Å². The van der Waals surface area contributed by atoms with E-state index in [0.717, 1.165) is 25.8 Å². The lowest BCUT2D eigenvalue weighted by Gasteiger charge is -2.26. The molecule has 2 rings (SSSR count). The van der Waals surface area contributed by atoms with E-state index in [1.54, 1.807) is 0 Å². The second-order valence-corrected chi connectivity index (χ2v) is 6.56. The third-order valence-corrected chi connectivity index (χ3v) is 4.81. The Hall–Kier alpha value is -1.10. The minimum Gasteiger partial charge on any atom is -0.481 e. The van der Waals surface area contributed by atoms with Gasteiger partial charge < -0.3 is 15.7 Å². The summed E-state index contributed by atoms with van der Waals surface area (Å²) in [4.78, 5) is 25.1. The Kier molecular flexibility index (Phi) is 3.85. The number of nitrogens with zero attached hydrogens (tertiary/aromatic N) is 1. The van der Waals surface area contributed by atoms with Crippen molar-refractivity contribution in [1.29, 1.82) is 0 Å². The van der Waals surface area contributed by atoms with Crippen LogP contribution in [0.25, 0.3) is 0 Å². The molecule has 108 valence electrons. The summed E-state index contributed by atoms with van der Waals surface area (Å²) in [6.07, 6.45) is 3.30. The second kappa shape index (κ2) is 5.12. The van der Waals surface area contributed by atoms with Crippen molar-refractivity contribution in [3.8, 4) is 0 Å². The molecular formula is C14H24N2O3. The third kappa shape index (κ3) is 2.76. The molecule has 0 unspecified atom stereocenters. The summed E-state index contributed by atoms with van der Waals surface area (Å²) in [6, 6.07) is -0.438. The van der Waals surface area contributed by atoms with E-state index in [1.807, 2.05) is 18.7 Å². The van der Waals surface area contributed by atoms with Gasteiger partial charge in [0.2, 0.25) is 5.91 Å². The summed E-state index contributed by atoms with van der Waals surface area (Å²) in [5.74, 6) is -0.764. The molecule has 3 atom stereocenters. The molecule has 0 radical (unpaired) electrons. The van der Waals surface area contributed by atoms with Crippen LogP contribution in [0.4, 0.5) is 0 Å². The van der Waals surface area contributed by atoms with Gasteiger partial charge in [-0.25, -0.2) is 0 Å². The Bertz CT molecular complexity index is 383. The van der Waals surface area contributed by atoms with Gasteiger partial charge in [-0.2, -0.15) is 0 Å². The molecule has 1 aliphatic heterocycles. The highest BCUT2D eigenvalue weighted by molar-refractivity contribution is 5.82. The number of carboxylic acids is 1. The highest BCUT2D eigenvalue weighted by Crippen LogP contribution is 2.48. The number of hydrogen-bond donors (Lipinski definition) is 2. The molecule has 5 nitrogen and oxygen atoms in total. The average molecular weight is 268 g/mol. The molecular weight excluding hydrogens is 244 g/mol. The number of rotatable bonds is 3. The van der Waals surface area contributed by atoms with Gasteiger partial charge >= 0.3 is 5.97 Å². The van der Waals surface area contributed by atoms with Crippen molar-refractivity contribution in [3.05, 3.63) is 0 Å². The van der Waals surface area contributed by atoms with Crippen LogP contribution in [0, 0.1) is 17.3 Å². The summed E-state index contributed by atoms with van der Waals surface area (Å²) < 4.78 is 0. The van der Waals surface area contributed by atoms with Crippen LogP contribution < -0.4 is 5.73 Å². The minimum absolute atomic E-state index is 0.0191. The highest BCUT2D eigenvalue weighted by Gasteiger charge is 2.47. The van der Waals surface area contributed by atoms with Crippen molar-refractivity contribution in [2.45, 2.75) is 45.6 Å². The van der Waals surface area contributed by atoms with Gasteiger partial charge in [-0.3, -0.25) is 9.59 Å². The molecule has 0 aromatic heterocycles. The maximum absolute atomic E-state index is 12.2. The van der Waals surface area contributed by atoms with Crippen LogP contribution in [0.3, 0.4) is 0 Å². The molecule has 0 bridgehead atoms. The van der Waals surface area contributed by atoms with Crippen molar-refractivity contribution in [2.75, 3.05) is 13.1 Å². The van der Waals surface area contributed by atoms with Gasteiger partial charge in [0.05, 0.1) is 12.0 Å². The van der Waals surface area contributed by atoms with Crippen LogP contribution in [0.15, 0.2) is 0 Å². The molecule has 0 aromatic carbocycles. The summed E-state index contributed by atoms with van der Waals surface area (Å²) >= 11 is 0. The molecule has 2 aliphatic rings. The standard InChI is InChI=1S/C14H24N2O3/c1-9(2)11(15)12(17)16-6-5-14(8-16)4-3-10(7-14)13(18)19/h9-11H,3-8,15H2,1-2H3,(H,18,19)/t10-,11-,14+/m0/s1. The fourth-order valence-electron chi connectivity index (χ4n) is 3.41. The number of carbonyl (C=O) groups excluding carboxylic acids is 1. The molecule has 1 saturated heterocycles. The number of hydrogen-bond acceptors (Lipinski definition) is 3. The molecule has 3 N–H and O–H groups in total. The van der Waals surface area contributed by atoms with Crippen LogP contribution in [-0.2, 0) is 9.59 Å². The molecule has 0 aromatic rings. The van der Waals surface area contributed by atoms with Crippen molar-refractivity contribution < 1.29 is 14.7 Å². The van der Waals surface area contributed by atoms with Crippen LogP contribution in [0.2, 0.25) is 0 Å². The third-order valence-electron chi connectivity index (χ3n) is 4.81. The Morgan fingerprint density at radius 1 is 1.37 bits per heavy atom. The number of carboxylic acid groups (broad SMARTS) is 1. The molecule has 19 heavy (non-hydrogen) atoms. The van der Waals surface area contributed by atoms with Crippen LogP contribution in [0.5, 0.6) is 0 Å². The summed E-state index contributed by atoms with van der Waals surface area (Å²) in [5.41, 5.74) is 5.95. The summed E-state index contributed by atoms with van der Waals surface area (Å²) in [6.45, 7) is 5.32. The largest absolute Gasteiger partial charge is 0.481 e. The fraction of sp³-hybridized carbons (Fsp3) is 0.857. The molecule has 1 spiro atoms. The zero-order chi connectivity index (χ0) is 14.2. The first-order valence-electron chi connectivity index (χ1n) is 7.12.